The zero-order valence-corrected chi connectivity index (χ0v) is 16.9. The van der Waals surface area contributed by atoms with Crippen LogP contribution in [0.15, 0.2) is 35.0 Å². The first-order valence-electron chi connectivity index (χ1n) is 10.5. The molecule has 2 aromatic heterocycles. The lowest BCUT2D eigenvalue weighted by molar-refractivity contribution is 0.0949. The number of carbonyl (C=O) groups is 1. The van der Waals surface area contributed by atoms with Gasteiger partial charge in [-0.05, 0) is 54.6 Å². The van der Waals surface area contributed by atoms with Gasteiger partial charge in [0, 0.05) is 18.7 Å². The van der Waals surface area contributed by atoms with Crippen molar-refractivity contribution < 1.29 is 9.32 Å². The second-order valence-electron chi connectivity index (χ2n) is 8.95. The van der Waals surface area contributed by atoms with Gasteiger partial charge in [0.05, 0.1) is 12.1 Å². The molecule has 2 N–H and O–H groups in total. The fourth-order valence-corrected chi connectivity index (χ4v) is 5.06. The summed E-state index contributed by atoms with van der Waals surface area (Å²) in [6.45, 7) is 5.14. The van der Waals surface area contributed by atoms with Crippen LogP contribution in [0.1, 0.15) is 61.1 Å². The third-order valence-electron chi connectivity index (χ3n) is 6.80. The predicted octanol–water partition coefficient (Wildman–Crippen LogP) is 3.53. The van der Waals surface area contributed by atoms with Crippen LogP contribution in [-0.4, -0.2) is 27.6 Å². The van der Waals surface area contributed by atoms with Crippen LogP contribution in [0.25, 0.3) is 0 Å². The Kier molecular flexibility index (Phi) is 4.41. The molecule has 7 nitrogen and oxygen atoms in total. The first-order valence-corrected chi connectivity index (χ1v) is 10.5. The summed E-state index contributed by atoms with van der Waals surface area (Å²) in [7, 11) is 0. The SMILES string of the molecule is CC(C)c1nc(CNC(=O)c2ccc(NC[C@H]3C[C@H]4C=C[C@H]3C43CC3)nc2)no1. The number of anilines is 1. The summed E-state index contributed by atoms with van der Waals surface area (Å²) in [6, 6.07) is 3.67. The molecule has 2 bridgehead atoms. The van der Waals surface area contributed by atoms with Gasteiger partial charge in [-0.15, -0.1) is 0 Å². The molecule has 2 heterocycles. The van der Waals surface area contributed by atoms with Crippen LogP contribution in [0.2, 0.25) is 0 Å². The van der Waals surface area contributed by atoms with Crippen molar-refractivity contribution in [3.8, 4) is 0 Å². The number of pyridine rings is 1. The number of amides is 1. The Balaban J connectivity index is 1.12. The van der Waals surface area contributed by atoms with Crippen LogP contribution in [0.5, 0.6) is 0 Å². The molecule has 0 radical (unpaired) electrons. The van der Waals surface area contributed by atoms with E-state index in [1.165, 1.54) is 19.3 Å². The number of aromatic nitrogens is 3. The Labute approximate surface area is 170 Å². The Morgan fingerprint density at radius 2 is 2.17 bits per heavy atom. The van der Waals surface area contributed by atoms with Crippen molar-refractivity contribution >= 4 is 11.7 Å². The highest BCUT2D eigenvalue weighted by molar-refractivity contribution is 5.93. The molecule has 0 aliphatic heterocycles. The molecule has 2 saturated carbocycles. The minimum absolute atomic E-state index is 0.168. The van der Waals surface area contributed by atoms with Crippen molar-refractivity contribution in [3.05, 3.63) is 47.8 Å². The maximum Gasteiger partial charge on any atom is 0.253 e. The zero-order valence-electron chi connectivity index (χ0n) is 16.9. The largest absolute Gasteiger partial charge is 0.370 e. The van der Waals surface area contributed by atoms with Crippen LogP contribution >= 0.6 is 0 Å². The van der Waals surface area contributed by atoms with Gasteiger partial charge in [0.1, 0.15) is 5.82 Å². The van der Waals surface area contributed by atoms with E-state index >= 15 is 0 Å². The summed E-state index contributed by atoms with van der Waals surface area (Å²) in [5.41, 5.74) is 1.14. The molecule has 0 saturated heterocycles. The number of nitrogens with one attached hydrogen (secondary N) is 2. The third kappa shape index (κ3) is 3.32. The molecular weight excluding hydrogens is 366 g/mol. The third-order valence-corrected chi connectivity index (χ3v) is 6.80. The normalized spacial score (nSPS) is 25.7. The van der Waals surface area contributed by atoms with Gasteiger partial charge in [0.25, 0.3) is 5.91 Å². The molecule has 0 unspecified atom stereocenters. The summed E-state index contributed by atoms with van der Waals surface area (Å²) >= 11 is 0. The monoisotopic (exact) mass is 393 g/mol. The molecule has 0 aromatic carbocycles. The standard InChI is InChI=1S/C22H27N5O2/c1-13(2)21-26-19(27-29-21)12-25-20(28)14-3-6-18(23-10-14)24-11-15-9-16-4-5-17(15)22(16)7-8-22/h3-6,10,13,15-17H,7-9,11-12H2,1-2H3,(H,23,24)(H,25,28)/t15-,16-,17-/m1/s1. The highest BCUT2D eigenvalue weighted by Crippen LogP contribution is 2.70. The molecular formula is C22H27N5O2. The number of hydrogen-bond acceptors (Lipinski definition) is 6. The number of carbonyl (C=O) groups excluding carboxylic acids is 1. The van der Waals surface area contributed by atoms with Crippen molar-refractivity contribution in [2.24, 2.45) is 23.2 Å². The van der Waals surface area contributed by atoms with Crippen LogP contribution < -0.4 is 10.6 Å². The fourth-order valence-electron chi connectivity index (χ4n) is 5.06. The van der Waals surface area contributed by atoms with E-state index in [1.54, 1.807) is 12.3 Å². The zero-order chi connectivity index (χ0) is 20.0. The topological polar surface area (TPSA) is 92.9 Å². The molecule has 3 atom stereocenters. The minimum atomic E-state index is -0.200. The Morgan fingerprint density at radius 1 is 1.31 bits per heavy atom. The molecule has 5 rings (SSSR count). The number of allylic oxidation sites excluding steroid dienone is 2. The van der Waals surface area contributed by atoms with Crippen LogP contribution in [0, 0.1) is 23.2 Å². The lowest BCUT2D eigenvalue weighted by Crippen LogP contribution is -2.24. The van der Waals surface area contributed by atoms with Gasteiger partial charge in [-0.25, -0.2) is 4.98 Å². The smallest absolute Gasteiger partial charge is 0.253 e. The molecule has 3 aliphatic rings. The molecule has 2 aromatic rings. The van der Waals surface area contributed by atoms with Gasteiger partial charge in [-0.3, -0.25) is 4.79 Å². The van der Waals surface area contributed by atoms with Crippen LogP contribution in [0.3, 0.4) is 0 Å². The second-order valence-corrected chi connectivity index (χ2v) is 8.95. The van der Waals surface area contributed by atoms with E-state index in [0.717, 1.165) is 24.2 Å². The lowest BCUT2D eigenvalue weighted by atomic mass is 9.89. The molecule has 29 heavy (non-hydrogen) atoms. The summed E-state index contributed by atoms with van der Waals surface area (Å²) < 4.78 is 5.15. The highest BCUT2D eigenvalue weighted by Gasteiger charge is 2.62. The van der Waals surface area contributed by atoms with E-state index in [1.807, 2.05) is 19.9 Å². The number of nitrogens with zero attached hydrogens (tertiary/aromatic N) is 3. The van der Waals surface area contributed by atoms with Gasteiger partial charge < -0.3 is 15.2 Å². The fraction of sp³-hybridized carbons (Fsp3) is 0.545. The average Bonchev–Trinajstić information content (AvgIpc) is 3.13. The van der Waals surface area contributed by atoms with E-state index in [9.17, 15) is 4.79 Å². The molecule has 1 amide bonds. The van der Waals surface area contributed by atoms with Crippen LogP contribution in [-0.2, 0) is 6.54 Å². The molecule has 1 spiro atoms. The van der Waals surface area contributed by atoms with Crippen LogP contribution in [0.4, 0.5) is 5.82 Å². The van der Waals surface area contributed by atoms with Gasteiger partial charge >= 0.3 is 0 Å². The second kappa shape index (κ2) is 6.97. The van der Waals surface area contributed by atoms with Crippen molar-refractivity contribution in [3.63, 3.8) is 0 Å². The molecule has 3 aliphatic carbocycles. The summed E-state index contributed by atoms with van der Waals surface area (Å²) in [5, 5.41) is 10.1. The van der Waals surface area contributed by atoms with Gasteiger partial charge in [0.2, 0.25) is 5.89 Å². The minimum Gasteiger partial charge on any atom is -0.370 e. The first kappa shape index (κ1) is 18.3. The number of hydrogen-bond donors (Lipinski definition) is 2. The summed E-state index contributed by atoms with van der Waals surface area (Å²) in [4.78, 5) is 21.0. The van der Waals surface area contributed by atoms with E-state index in [-0.39, 0.29) is 18.4 Å². The quantitative estimate of drug-likeness (QED) is 0.699. The van der Waals surface area contributed by atoms with E-state index < -0.39 is 0 Å². The van der Waals surface area contributed by atoms with E-state index in [2.05, 4.69) is 37.9 Å². The van der Waals surface area contributed by atoms with Gasteiger partial charge in [-0.1, -0.05) is 31.2 Å². The maximum absolute atomic E-state index is 12.3. The van der Waals surface area contributed by atoms with E-state index in [4.69, 9.17) is 4.52 Å². The number of rotatable bonds is 7. The van der Waals surface area contributed by atoms with E-state index in [0.29, 0.717) is 28.6 Å². The van der Waals surface area contributed by atoms with Crippen molar-refractivity contribution in [1.29, 1.82) is 0 Å². The highest BCUT2D eigenvalue weighted by atomic mass is 16.5. The van der Waals surface area contributed by atoms with Crippen molar-refractivity contribution in [1.82, 2.24) is 20.4 Å². The van der Waals surface area contributed by atoms with Crippen molar-refractivity contribution in [2.45, 2.75) is 45.6 Å². The van der Waals surface area contributed by atoms with Gasteiger partial charge in [-0.2, -0.15) is 4.98 Å². The van der Waals surface area contributed by atoms with Crippen molar-refractivity contribution in [2.75, 3.05) is 11.9 Å². The lowest BCUT2D eigenvalue weighted by Gasteiger charge is -2.20. The average molecular weight is 393 g/mol. The Bertz CT molecular complexity index is 929. The van der Waals surface area contributed by atoms with Gasteiger partial charge in [0.15, 0.2) is 5.82 Å². The molecule has 152 valence electrons. The Hall–Kier alpha value is -2.70. The maximum atomic E-state index is 12.3. The summed E-state index contributed by atoms with van der Waals surface area (Å²) in [5.74, 6) is 4.07. The Morgan fingerprint density at radius 3 is 2.83 bits per heavy atom. The predicted molar refractivity (Wildman–Crippen MR) is 108 cm³/mol. The first-order chi connectivity index (χ1) is 14.0. The summed E-state index contributed by atoms with van der Waals surface area (Å²) in [6.07, 6.45) is 10.6. The molecule has 7 heteroatoms. The molecule has 2 fully saturated rings.